The average molecular weight is 357 g/mol. The lowest BCUT2D eigenvalue weighted by Gasteiger charge is -2.10. The van der Waals surface area contributed by atoms with E-state index in [4.69, 9.17) is 4.74 Å². The maximum Gasteiger partial charge on any atom is 0.310 e. The summed E-state index contributed by atoms with van der Waals surface area (Å²) in [6.45, 7) is 1.84. The standard InChI is InChI=1S/C10H10F2INO3/c1-2-17-7(16)3-5-6(15)4-14-9(8(5)13)10(11)12/h4,10,15H,2-3H2,1H3. The van der Waals surface area contributed by atoms with E-state index in [1.54, 1.807) is 29.5 Å². The van der Waals surface area contributed by atoms with Crippen LogP contribution in [0.5, 0.6) is 5.75 Å². The lowest BCUT2D eigenvalue weighted by Crippen LogP contribution is -2.10. The summed E-state index contributed by atoms with van der Waals surface area (Å²) in [6.07, 6.45) is -2.08. The SMILES string of the molecule is CCOC(=O)Cc1c(O)cnc(C(F)F)c1I. The lowest BCUT2D eigenvalue weighted by atomic mass is 10.1. The lowest BCUT2D eigenvalue weighted by molar-refractivity contribution is -0.142. The maximum atomic E-state index is 12.6. The first-order chi connectivity index (χ1) is 7.97. The van der Waals surface area contributed by atoms with E-state index in [0.29, 0.717) is 0 Å². The first kappa shape index (κ1) is 14.1. The molecule has 0 unspecified atom stereocenters. The number of hydrogen-bond acceptors (Lipinski definition) is 4. The Labute approximate surface area is 110 Å². The van der Waals surface area contributed by atoms with Crippen LogP contribution in [0, 0.1) is 3.57 Å². The molecule has 0 radical (unpaired) electrons. The molecule has 17 heavy (non-hydrogen) atoms. The summed E-state index contributed by atoms with van der Waals surface area (Å²) in [7, 11) is 0. The van der Waals surface area contributed by atoms with Gasteiger partial charge in [0, 0.05) is 9.13 Å². The molecular formula is C10H10F2INO3. The van der Waals surface area contributed by atoms with Gasteiger partial charge in [0.1, 0.15) is 11.4 Å². The Morgan fingerprint density at radius 3 is 2.82 bits per heavy atom. The fraction of sp³-hybridized carbons (Fsp3) is 0.400. The van der Waals surface area contributed by atoms with Crippen molar-refractivity contribution in [1.29, 1.82) is 0 Å². The highest BCUT2D eigenvalue weighted by Crippen LogP contribution is 2.30. The van der Waals surface area contributed by atoms with Gasteiger partial charge in [-0.3, -0.25) is 9.78 Å². The predicted molar refractivity (Wildman–Crippen MR) is 63.9 cm³/mol. The number of hydrogen-bond donors (Lipinski definition) is 1. The van der Waals surface area contributed by atoms with Crippen LogP contribution in [0.1, 0.15) is 24.6 Å². The van der Waals surface area contributed by atoms with Crippen LogP contribution in [-0.4, -0.2) is 22.7 Å². The summed E-state index contributed by atoms with van der Waals surface area (Å²) in [4.78, 5) is 14.7. The third-order valence-corrected chi connectivity index (χ3v) is 3.16. The van der Waals surface area contributed by atoms with Gasteiger partial charge >= 0.3 is 5.97 Å². The van der Waals surface area contributed by atoms with Crippen LogP contribution in [0.2, 0.25) is 0 Å². The number of alkyl halides is 2. The highest BCUT2D eigenvalue weighted by Gasteiger charge is 2.21. The van der Waals surface area contributed by atoms with Crippen LogP contribution in [0.4, 0.5) is 8.78 Å². The van der Waals surface area contributed by atoms with Crippen LogP contribution in [0.15, 0.2) is 6.20 Å². The Kier molecular flexibility index (Phi) is 5.03. The van der Waals surface area contributed by atoms with Gasteiger partial charge in [-0.2, -0.15) is 0 Å². The molecule has 1 heterocycles. The van der Waals surface area contributed by atoms with Crippen molar-refractivity contribution in [2.75, 3.05) is 6.61 Å². The molecule has 0 spiro atoms. The molecule has 0 fully saturated rings. The number of aromatic nitrogens is 1. The van der Waals surface area contributed by atoms with Gasteiger partial charge in [0.15, 0.2) is 0 Å². The van der Waals surface area contributed by atoms with Crippen molar-refractivity contribution in [2.45, 2.75) is 19.8 Å². The van der Waals surface area contributed by atoms with Gasteiger partial charge in [0.2, 0.25) is 0 Å². The minimum absolute atomic E-state index is 0.0886. The number of pyridine rings is 1. The quantitative estimate of drug-likeness (QED) is 0.664. The van der Waals surface area contributed by atoms with Crippen LogP contribution >= 0.6 is 22.6 Å². The van der Waals surface area contributed by atoms with Gasteiger partial charge in [-0.1, -0.05) is 0 Å². The molecular weight excluding hydrogens is 347 g/mol. The van der Waals surface area contributed by atoms with Gasteiger partial charge in [0.25, 0.3) is 6.43 Å². The molecule has 0 bridgehead atoms. The molecule has 0 atom stereocenters. The average Bonchev–Trinajstić information content (AvgIpc) is 2.24. The summed E-state index contributed by atoms with van der Waals surface area (Å²) < 4.78 is 29.9. The number of esters is 1. The second-order valence-electron chi connectivity index (χ2n) is 3.10. The number of carbonyl (C=O) groups is 1. The maximum absolute atomic E-state index is 12.6. The number of ether oxygens (including phenoxy) is 1. The van der Waals surface area contributed by atoms with Crippen molar-refractivity contribution in [3.63, 3.8) is 0 Å². The van der Waals surface area contributed by atoms with E-state index in [-0.39, 0.29) is 27.9 Å². The van der Waals surface area contributed by atoms with E-state index in [1.807, 2.05) is 0 Å². The molecule has 0 aliphatic heterocycles. The molecule has 1 rings (SSSR count). The molecule has 0 amide bonds. The third-order valence-electron chi connectivity index (χ3n) is 1.96. The molecule has 4 nitrogen and oxygen atoms in total. The highest BCUT2D eigenvalue weighted by molar-refractivity contribution is 14.1. The normalized spacial score (nSPS) is 10.6. The first-order valence-corrected chi connectivity index (χ1v) is 5.85. The Morgan fingerprint density at radius 2 is 2.29 bits per heavy atom. The fourth-order valence-corrected chi connectivity index (χ4v) is 2.05. The van der Waals surface area contributed by atoms with Crippen LogP contribution in [0.3, 0.4) is 0 Å². The molecule has 0 aliphatic rings. The largest absolute Gasteiger partial charge is 0.506 e. The van der Waals surface area contributed by atoms with Crippen molar-refractivity contribution in [3.8, 4) is 5.75 Å². The Bertz CT molecular complexity index is 426. The Hall–Kier alpha value is -0.990. The van der Waals surface area contributed by atoms with Crippen LogP contribution in [0.25, 0.3) is 0 Å². The Balaban J connectivity index is 3.05. The highest BCUT2D eigenvalue weighted by atomic mass is 127. The number of nitrogens with zero attached hydrogens (tertiary/aromatic N) is 1. The molecule has 0 saturated heterocycles. The van der Waals surface area contributed by atoms with Crippen molar-refractivity contribution >= 4 is 28.6 Å². The summed E-state index contributed by atoms with van der Waals surface area (Å²) in [5.41, 5.74) is -0.322. The summed E-state index contributed by atoms with van der Waals surface area (Å²) in [5, 5.41) is 9.49. The predicted octanol–water partition coefficient (Wildman–Crippen LogP) is 2.44. The summed E-state index contributed by atoms with van der Waals surface area (Å²) >= 11 is 1.63. The van der Waals surface area contributed by atoms with Gasteiger partial charge in [-0.25, -0.2) is 8.78 Å². The number of aromatic hydroxyl groups is 1. The zero-order chi connectivity index (χ0) is 13.0. The van der Waals surface area contributed by atoms with E-state index >= 15 is 0 Å². The molecule has 1 aromatic rings. The van der Waals surface area contributed by atoms with Gasteiger partial charge in [-0.05, 0) is 29.5 Å². The second-order valence-corrected chi connectivity index (χ2v) is 4.18. The summed E-state index contributed by atoms with van der Waals surface area (Å²) in [6, 6.07) is 0. The van der Waals surface area contributed by atoms with Crippen molar-refractivity contribution in [3.05, 3.63) is 21.0 Å². The van der Waals surface area contributed by atoms with E-state index in [9.17, 15) is 18.7 Å². The zero-order valence-electron chi connectivity index (χ0n) is 8.91. The first-order valence-electron chi connectivity index (χ1n) is 4.77. The molecule has 94 valence electrons. The smallest absolute Gasteiger partial charge is 0.310 e. The van der Waals surface area contributed by atoms with Gasteiger partial charge in [-0.15, -0.1) is 0 Å². The van der Waals surface area contributed by atoms with E-state index in [0.717, 1.165) is 6.20 Å². The van der Waals surface area contributed by atoms with E-state index in [2.05, 4.69) is 4.98 Å². The fourth-order valence-electron chi connectivity index (χ4n) is 1.21. The number of rotatable bonds is 4. The number of carbonyl (C=O) groups excluding carboxylic acids is 1. The molecule has 7 heteroatoms. The molecule has 0 aliphatic carbocycles. The topological polar surface area (TPSA) is 59.4 Å². The van der Waals surface area contributed by atoms with Crippen molar-refractivity contribution in [2.24, 2.45) is 0 Å². The van der Waals surface area contributed by atoms with Crippen molar-refractivity contribution < 1.29 is 23.4 Å². The monoisotopic (exact) mass is 357 g/mol. The molecule has 1 N–H and O–H groups in total. The minimum Gasteiger partial charge on any atom is -0.506 e. The van der Waals surface area contributed by atoms with E-state index < -0.39 is 18.1 Å². The van der Waals surface area contributed by atoms with E-state index in [1.165, 1.54) is 0 Å². The van der Waals surface area contributed by atoms with Gasteiger partial charge < -0.3 is 9.84 Å². The van der Waals surface area contributed by atoms with Crippen LogP contribution in [-0.2, 0) is 16.0 Å². The zero-order valence-corrected chi connectivity index (χ0v) is 11.1. The Morgan fingerprint density at radius 1 is 1.65 bits per heavy atom. The molecule has 1 aromatic heterocycles. The van der Waals surface area contributed by atoms with Crippen molar-refractivity contribution in [1.82, 2.24) is 4.98 Å². The third kappa shape index (κ3) is 3.48. The van der Waals surface area contributed by atoms with Crippen LogP contribution < -0.4 is 0 Å². The molecule has 0 saturated carbocycles. The second kappa shape index (κ2) is 6.08. The van der Waals surface area contributed by atoms with Gasteiger partial charge in [0.05, 0.1) is 19.2 Å². The minimum atomic E-state index is -2.75. The summed E-state index contributed by atoms with van der Waals surface area (Å²) in [5.74, 6) is -0.862. The number of halogens is 3. The molecule has 0 aromatic carbocycles.